The van der Waals surface area contributed by atoms with Gasteiger partial charge in [-0.05, 0) is 18.9 Å². The van der Waals surface area contributed by atoms with Crippen LogP contribution in [0, 0.1) is 0 Å². The average molecular weight is 310 g/mol. The SMILES string of the molecule is CC1=C(Br)CN(C(=O)OCc2ccccc2)CC1. The predicted molar refractivity (Wildman–Crippen MR) is 74.4 cm³/mol. The molecule has 18 heavy (non-hydrogen) atoms. The van der Waals surface area contributed by atoms with E-state index in [1.54, 1.807) is 4.90 Å². The first-order valence-corrected chi connectivity index (χ1v) is 6.76. The Morgan fingerprint density at radius 3 is 2.78 bits per heavy atom. The standard InChI is InChI=1S/C14H16BrNO2/c1-11-7-8-16(9-13(11)15)14(17)18-10-12-5-3-2-4-6-12/h2-6H,7-10H2,1H3. The fourth-order valence-electron chi connectivity index (χ4n) is 1.79. The van der Waals surface area contributed by atoms with Crippen LogP contribution in [0.2, 0.25) is 0 Å². The summed E-state index contributed by atoms with van der Waals surface area (Å²) in [6.45, 7) is 3.75. The molecule has 1 heterocycles. The van der Waals surface area contributed by atoms with Crippen molar-refractivity contribution < 1.29 is 9.53 Å². The Kier molecular flexibility index (Phi) is 4.42. The van der Waals surface area contributed by atoms with Gasteiger partial charge < -0.3 is 9.64 Å². The first-order valence-electron chi connectivity index (χ1n) is 5.96. The van der Waals surface area contributed by atoms with Gasteiger partial charge in [-0.2, -0.15) is 0 Å². The van der Waals surface area contributed by atoms with Crippen molar-refractivity contribution in [1.82, 2.24) is 4.90 Å². The molecular weight excluding hydrogens is 294 g/mol. The molecule has 0 unspecified atom stereocenters. The summed E-state index contributed by atoms with van der Waals surface area (Å²) in [5, 5.41) is 0. The zero-order valence-electron chi connectivity index (χ0n) is 10.4. The maximum Gasteiger partial charge on any atom is 0.410 e. The molecule has 2 rings (SSSR count). The average Bonchev–Trinajstić information content (AvgIpc) is 2.40. The second-order valence-corrected chi connectivity index (χ2v) is 5.35. The van der Waals surface area contributed by atoms with E-state index in [0.717, 1.165) is 23.0 Å². The summed E-state index contributed by atoms with van der Waals surface area (Å²) in [5.74, 6) is 0. The lowest BCUT2D eigenvalue weighted by atomic mass is 10.1. The number of carbonyl (C=O) groups is 1. The Labute approximate surface area is 116 Å². The maximum atomic E-state index is 11.9. The lowest BCUT2D eigenvalue weighted by Gasteiger charge is -2.27. The molecule has 0 N–H and O–H groups in total. The van der Waals surface area contributed by atoms with E-state index in [0.29, 0.717) is 13.2 Å². The van der Waals surface area contributed by atoms with E-state index in [-0.39, 0.29) is 6.09 Å². The van der Waals surface area contributed by atoms with Crippen LogP contribution in [0.15, 0.2) is 40.4 Å². The topological polar surface area (TPSA) is 29.5 Å². The van der Waals surface area contributed by atoms with Crippen molar-refractivity contribution in [3.05, 3.63) is 46.0 Å². The molecule has 0 saturated heterocycles. The number of nitrogens with zero attached hydrogens (tertiary/aromatic N) is 1. The van der Waals surface area contributed by atoms with Gasteiger partial charge in [0.15, 0.2) is 0 Å². The van der Waals surface area contributed by atoms with Crippen molar-refractivity contribution in [2.75, 3.05) is 13.1 Å². The van der Waals surface area contributed by atoms with Crippen LogP contribution in [0.25, 0.3) is 0 Å². The van der Waals surface area contributed by atoms with E-state index >= 15 is 0 Å². The minimum atomic E-state index is -0.247. The summed E-state index contributed by atoms with van der Waals surface area (Å²) < 4.78 is 6.38. The van der Waals surface area contributed by atoms with Gasteiger partial charge in [0, 0.05) is 11.0 Å². The second kappa shape index (κ2) is 6.05. The molecule has 0 atom stereocenters. The summed E-state index contributed by atoms with van der Waals surface area (Å²) in [6, 6.07) is 9.72. The molecule has 4 heteroatoms. The minimum absolute atomic E-state index is 0.247. The van der Waals surface area contributed by atoms with Gasteiger partial charge in [0.25, 0.3) is 0 Å². The monoisotopic (exact) mass is 309 g/mol. The van der Waals surface area contributed by atoms with Gasteiger partial charge in [-0.1, -0.05) is 51.8 Å². The van der Waals surface area contributed by atoms with Crippen molar-refractivity contribution in [3.8, 4) is 0 Å². The van der Waals surface area contributed by atoms with Gasteiger partial charge in [-0.25, -0.2) is 4.79 Å². The van der Waals surface area contributed by atoms with Crippen LogP contribution in [0.4, 0.5) is 4.79 Å². The fourth-order valence-corrected chi connectivity index (χ4v) is 2.29. The summed E-state index contributed by atoms with van der Waals surface area (Å²) in [5.41, 5.74) is 2.32. The third kappa shape index (κ3) is 3.35. The number of benzene rings is 1. The van der Waals surface area contributed by atoms with Crippen molar-refractivity contribution >= 4 is 22.0 Å². The van der Waals surface area contributed by atoms with E-state index in [9.17, 15) is 4.79 Å². The molecule has 1 aromatic rings. The molecule has 0 bridgehead atoms. The molecule has 1 aromatic carbocycles. The fraction of sp³-hybridized carbons (Fsp3) is 0.357. The zero-order valence-corrected chi connectivity index (χ0v) is 11.9. The number of rotatable bonds is 2. The van der Waals surface area contributed by atoms with Crippen molar-refractivity contribution in [2.24, 2.45) is 0 Å². The van der Waals surface area contributed by atoms with Gasteiger partial charge in [0.1, 0.15) is 6.61 Å². The lowest BCUT2D eigenvalue weighted by Crippen LogP contribution is -2.36. The molecule has 0 saturated carbocycles. The molecule has 0 fully saturated rings. The highest BCUT2D eigenvalue weighted by Crippen LogP contribution is 2.22. The highest BCUT2D eigenvalue weighted by molar-refractivity contribution is 9.11. The number of amides is 1. The first-order chi connectivity index (χ1) is 8.66. The van der Waals surface area contributed by atoms with Crippen molar-refractivity contribution in [3.63, 3.8) is 0 Å². The van der Waals surface area contributed by atoms with Crippen LogP contribution in [0.3, 0.4) is 0 Å². The Balaban J connectivity index is 1.86. The lowest BCUT2D eigenvalue weighted by molar-refractivity contribution is 0.0987. The van der Waals surface area contributed by atoms with Crippen LogP contribution in [-0.2, 0) is 11.3 Å². The quantitative estimate of drug-likeness (QED) is 0.833. The molecule has 0 aliphatic carbocycles. The Morgan fingerprint density at radius 1 is 1.39 bits per heavy atom. The summed E-state index contributed by atoms with van der Waals surface area (Å²) in [6.07, 6.45) is 0.657. The van der Waals surface area contributed by atoms with Gasteiger partial charge in [0.05, 0.1) is 6.54 Å². The second-order valence-electron chi connectivity index (χ2n) is 4.40. The Bertz CT molecular complexity index is 456. The third-order valence-corrected chi connectivity index (χ3v) is 3.94. The number of ether oxygens (including phenoxy) is 1. The smallest absolute Gasteiger partial charge is 0.410 e. The molecule has 1 aliphatic rings. The number of carbonyl (C=O) groups excluding carboxylic acids is 1. The molecular formula is C14H16BrNO2. The Morgan fingerprint density at radius 2 is 2.11 bits per heavy atom. The molecule has 96 valence electrons. The van der Waals surface area contributed by atoms with E-state index < -0.39 is 0 Å². The van der Waals surface area contributed by atoms with E-state index in [2.05, 4.69) is 22.9 Å². The highest BCUT2D eigenvalue weighted by Gasteiger charge is 2.20. The van der Waals surface area contributed by atoms with Gasteiger partial charge in [-0.15, -0.1) is 0 Å². The van der Waals surface area contributed by atoms with Crippen molar-refractivity contribution in [2.45, 2.75) is 20.0 Å². The van der Waals surface area contributed by atoms with E-state index in [4.69, 9.17) is 4.74 Å². The molecule has 0 radical (unpaired) electrons. The molecule has 3 nitrogen and oxygen atoms in total. The first kappa shape index (κ1) is 13.1. The zero-order chi connectivity index (χ0) is 13.0. The summed E-state index contributed by atoms with van der Waals surface area (Å²) >= 11 is 3.49. The van der Waals surface area contributed by atoms with E-state index in [1.807, 2.05) is 30.3 Å². The largest absolute Gasteiger partial charge is 0.445 e. The molecule has 0 aromatic heterocycles. The van der Waals surface area contributed by atoms with Gasteiger partial charge in [0.2, 0.25) is 0 Å². The number of hydrogen-bond acceptors (Lipinski definition) is 2. The van der Waals surface area contributed by atoms with Crippen LogP contribution < -0.4 is 0 Å². The van der Waals surface area contributed by atoms with Gasteiger partial charge >= 0.3 is 6.09 Å². The predicted octanol–water partition coefficient (Wildman–Crippen LogP) is 3.70. The maximum absolute atomic E-state index is 11.9. The minimum Gasteiger partial charge on any atom is -0.445 e. The van der Waals surface area contributed by atoms with Crippen molar-refractivity contribution in [1.29, 1.82) is 0 Å². The molecule has 0 spiro atoms. The third-order valence-electron chi connectivity index (χ3n) is 3.01. The van der Waals surface area contributed by atoms with Gasteiger partial charge in [-0.3, -0.25) is 0 Å². The highest BCUT2D eigenvalue weighted by atomic mass is 79.9. The van der Waals surface area contributed by atoms with Crippen LogP contribution in [-0.4, -0.2) is 24.1 Å². The molecule has 1 aliphatic heterocycles. The van der Waals surface area contributed by atoms with Crippen LogP contribution in [0.5, 0.6) is 0 Å². The normalized spacial score (nSPS) is 15.8. The summed E-state index contributed by atoms with van der Waals surface area (Å²) in [4.78, 5) is 13.6. The Hall–Kier alpha value is -1.29. The number of halogens is 1. The van der Waals surface area contributed by atoms with Crippen LogP contribution in [0.1, 0.15) is 18.9 Å². The summed E-state index contributed by atoms with van der Waals surface area (Å²) in [7, 11) is 0. The number of hydrogen-bond donors (Lipinski definition) is 0. The molecule has 1 amide bonds. The van der Waals surface area contributed by atoms with Crippen LogP contribution >= 0.6 is 15.9 Å². The van der Waals surface area contributed by atoms with E-state index in [1.165, 1.54) is 5.57 Å².